The van der Waals surface area contributed by atoms with Gasteiger partial charge in [-0.3, -0.25) is 4.79 Å². The highest BCUT2D eigenvalue weighted by molar-refractivity contribution is 7.89. The molecule has 0 aliphatic rings. The van der Waals surface area contributed by atoms with E-state index in [0.29, 0.717) is 0 Å². The van der Waals surface area contributed by atoms with Crippen molar-refractivity contribution in [2.24, 2.45) is 0 Å². The van der Waals surface area contributed by atoms with Gasteiger partial charge in [0.1, 0.15) is 6.04 Å². The maximum Gasteiger partial charge on any atom is 0.321 e. The average molecular weight is 298 g/mol. The molecule has 0 aromatic heterocycles. The highest BCUT2D eigenvalue weighted by Crippen LogP contribution is 2.22. The second kappa shape index (κ2) is 5.22. The van der Waals surface area contributed by atoms with E-state index in [4.69, 9.17) is 28.3 Å². The molecule has 1 aromatic carbocycles. The van der Waals surface area contributed by atoms with Gasteiger partial charge in [0, 0.05) is 10.0 Å². The molecule has 0 saturated carbocycles. The highest BCUT2D eigenvalue weighted by atomic mass is 35.5. The van der Waals surface area contributed by atoms with E-state index in [2.05, 4.69) is 0 Å². The van der Waals surface area contributed by atoms with Crippen LogP contribution in [0.4, 0.5) is 0 Å². The molecule has 94 valence electrons. The number of aliphatic carboxylic acids is 1. The molecule has 1 unspecified atom stereocenters. The molecule has 0 amide bonds. The summed E-state index contributed by atoms with van der Waals surface area (Å²) in [6.07, 6.45) is 0. The van der Waals surface area contributed by atoms with Gasteiger partial charge in [-0.05, 0) is 25.1 Å². The molecule has 2 N–H and O–H groups in total. The molecule has 5 nitrogen and oxygen atoms in total. The van der Waals surface area contributed by atoms with Gasteiger partial charge in [-0.15, -0.1) is 0 Å². The van der Waals surface area contributed by atoms with Crippen LogP contribution in [0.2, 0.25) is 10.0 Å². The van der Waals surface area contributed by atoms with Crippen LogP contribution in [0.25, 0.3) is 0 Å². The summed E-state index contributed by atoms with van der Waals surface area (Å²) < 4.78 is 25.5. The van der Waals surface area contributed by atoms with Crippen LogP contribution in [0.15, 0.2) is 23.1 Å². The standard InChI is InChI=1S/C9H9Cl2NO4S/c1-5(9(13)14)12-17(15,16)8-3-6(10)2-7(11)4-8/h2-5,12H,1H3,(H,13,14). The van der Waals surface area contributed by atoms with Gasteiger partial charge in [0.15, 0.2) is 0 Å². The van der Waals surface area contributed by atoms with Crippen molar-refractivity contribution in [3.63, 3.8) is 0 Å². The Bertz CT molecular complexity index is 524. The number of nitrogens with one attached hydrogen (secondary N) is 1. The van der Waals surface area contributed by atoms with E-state index in [1.165, 1.54) is 25.1 Å². The molecule has 0 aliphatic heterocycles. The first-order chi connectivity index (χ1) is 7.72. The van der Waals surface area contributed by atoms with E-state index in [1.54, 1.807) is 0 Å². The topological polar surface area (TPSA) is 83.5 Å². The summed E-state index contributed by atoms with van der Waals surface area (Å²) in [5, 5.41) is 8.93. The van der Waals surface area contributed by atoms with Crippen LogP contribution in [0.1, 0.15) is 6.92 Å². The van der Waals surface area contributed by atoms with Gasteiger partial charge in [-0.25, -0.2) is 8.42 Å². The molecule has 1 atom stereocenters. The van der Waals surface area contributed by atoms with Crippen molar-refractivity contribution in [1.29, 1.82) is 0 Å². The molecule has 0 radical (unpaired) electrons. The zero-order valence-electron chi connectivity index (χ0n) is 8.65. The molecule has 0 fully saturated rings. The van der Waals surface area contributed by atoms with Crippen molar-refractivity contribution in [2.45, 2.75) is 17.9 Å². The largest absolute Gasteiger partial charge is 0.480 e. The Balaban J connectivity index is 3.09. The normalized spacial score (nSPS) is 13.4. The number of rotatable bonds is 4. The van der Waals surface area contributed by atoms with Crippen LogP contribution < -0.4 is 4.72 Å². The Labute approximate surface area is 108 Å². The molecule has 17 heavy (non-hydrogen) atoms. The van der Waals surface area contributed by atoms with Crippen LogP contribution in [-0.2, 0) is 14.8 Å². The van der Waals surface area contributed by atoms with Crippen LogP contribution in [0.3, 0.4) is 0 Å². The molecular formula is C9H9Cl2NO4S. The smallest absolute Gasteiger partial charge is 0.321 e. The Hall–Kier alpha value is -0.820. The number of carboxylic acids is 1. The van der Waals surface area contributed by atoms with Crippen molar-refractivity contribution in [3.8, 4) is 0 Å². The van der Waals surface area contributed by atoms with Gasteiger partial charge in [-0.2, -0.15) is 4.72 Å². The first-order valence-corrected chi connectivity index (χ1v) is 6.67. The van der Waals surface area contributed by atoms with Crippen molar-refractivity contribution >= 4 is 39.2 Å². The number of carboxylic acid groups (broad SMARTS) is 1. The average Bonchev–Trinajstić information content (AvgIpc) is 2.15. The monoisotopic (exact) mass is 297 g/mol. The molecule has 0 bridgehead atoms. The lowest BCUT2D eigenvalue weighted by Gasteiger charge is -2.10. The molecule has 0 heterocycles. The Morgan fingerprint density at radius 1 is 1.29 bits per heavy atom. The molecule has 0 spiro atoms. The summed E-state index contributed by atoms with van der Waals surface area (Å²) in [6.45, 7) is 1.21. The summed E-state index contributed by atoms with van der Waals surface area (Å²) >= 11 is 11.3. The predicted molar refractivity (Wildman–Crippen MR) is 63.9 cm³/mol. The van der Waals surface area contributed by atoms with Gasteiger partial charge in [0.2, 0.25) is 10.0 Å². The van der Waals surface area contributed by atoms with E-state index < -0.39 is 22.0 Å². The number of hydrogen-bond acceptors (Lipinski definition) is 3. The summed E-state index contributed by atoms with van der Waals surface area (Å²) in [4.78, 5) is 10.4. The summed E-state index contributed by atoms with van der Waals surface area (Å²) in [5.74, 6) is -1.28. The van der Waals surface area contributed by atoms with Crippen molar-refractivity contribution in [3.05, 3.63) is 28.2 Å². The maximum absolute atomic E-state index is 11.8. The lowest BCUT2D eigenvalue weighted by molar-refractivity contribution is -0.138. The molecule has 1 aromatic rings. The van der Waals surface area contributed by atoms with Crippen LogP contribution in [0.5, 0.6) is 0 Å². The van der Waals surface area contributed by atoms with Crippen LogP contribution >= 0.6 is 23.2 Å². The molecular weight excluding hydrogens is 289 g/mol. The van der Waals surface area contributed by atoms with E-state index in [9.17, 15) is 13.2 Å². The summed E-state index contributed by atoms with van der Waals surface area (Å²) in [5.41, 5.74) is 0. The van der Waals surface area contributed by atoms with Crippen molar-refractivity contribution in [2.75, 3.05) is 0 Å². The summed E-state index contributed by atoms with van der Waals surface area (Å²) in [6, 6.07) is 2.51. The van der Waals surface area contributed by atoms with Crippen LogP contribution in [-0.4, -0.2) is 25.5 Å². The Morgan fingerprint density at radius 2 is 1.76 bits per heavy atom. The lowest BCUT2D eigenvalue weighted by Crippen LogP contribution is -2.38. The number of halogens is 2. The highest BCUT2D eigenvalue weighted by Gasteiger charge is 2.22. The van der Waals surface area contributed by atoms with Gasteiger partial charge < -0.3 is 5.11 Å². The van der Waals surface area contributed by atoms with Crippen molar-refractivity contribution in [1.82, 2.24) is 4.72 Å². The zero-order valence-corrected chi connectivity index (χ0v) is 11.0. The maximum atomic E-state index is 11.8. The van der Waals surface area contributed by atoms with Crippen molar-refractivity contribution < 1.29 is 18.3 Å². The third-order valence-electron chi connectivity index (χ3n) is 1.85. The fourth-order valence-electron chi connectivity index (χ4n) is 1.03. The third-order valence-corrected chi connectivity index (χ3v) is 3.81. The number of carbonyl (C=O) groups is 1. The first-order valence-electron chi connectivity index (χ1n) is 4.43. The number of sulfonamides is 1. The molecule has 8 heteroatoms. The minimum absolute atomic E-state index is 0.154. The van der Waals surface area contributed by atoms with Crippen LogP contribution in [0, 0.1) is 0 Å². The first kappa shape index (κ1) is 14.2. The number of hydrogen-bond donors (Lipinski definition) is 2. The molecule has 0 saturated heterocycles. The van der Waals surface area contributed by atoms with Gasteiger partial charge in [-0.1, -0.05) is 23.2 Å². The minimum atomic E-state index is -3.95. The second-order valence-electron chi connectivity index (χ2n) is 3.29. The lowest BCUT2D eigenvalue weighted by atomic mass is 10.4. The SMILES string of the molecule is CC(NS(=O)(=O)c1cc(Cl)cc(Cl)c1)C(=O)O. The van der Waals surface area contributed by atoms with E-state index in [1.807, 2.05) is 4.72 Å². The fraction of sp³-hybridized carbons (Fsp3) is 0.222. The van der Waals surface area contributed by atoms with E-state index in [-0.39, 0.29) is 14.9 Å². The fourth-order valence-corrected chi connectivity index (χ4v) is 2.96. The van der Waals surface area contributed by atoms with E-state index in [0.717, 1.165) is 0 Å². The minimum Gasteiger partial charge on any atom is -0.480 e. The Kier molecular flexibility index (Phi) is 4.37. The summed E-state index contributed by atoms with van der Waals surface area (Å²) in [7, 11) is -3.95. The molecule has 1 rings (SSSR count). The van der Waals surface area contributed by atoms with Gasteiger partial charge in [0.25, 0.3) is 0 Å². The number of benzene rings is 1. The van der Waals surface area contributed by atoms with E-state index >= 15 is 0 Å². The van der Waals surface area contributed by atoms with Gasteiger partial charge >= 0.3 is 5.97 Å². The second-order valence-corrected chi connectivity index (χ2v) is 5.87. The molecule has 0 aliphatic carbocycles. The Morgan fingerprint density at radius 3 is 2.18 bits per heavy atom. The predicted octanol–water partition coefficient (Wildman–Crippen LogP) is 1.74. The van der Waals surface area contributed by atoms with Gasteiger partial charge in [0.05, 0.1) is 4.90 Å². The zero-order chi connectivity index (χ0) is 13.2. The third kappa shape index (κ3) is 3.85. The quantitative estimate of drug-likeness (QED) is 0.887.